The Hall–Kier alpha value is -1.89. The highest BCUT2D eigenvalue weighted by molar-refractivity contribution is 7.90. The van der Waals surface area contributed by atoms with Crippen molar-refractivity contribution >= 4 is 21.7 Å². The summed E-state index contributed by atoms with van der Waals surface area (Å²) in [4.78, 5) is 23.1. The van der Waals surface area contributed by atoms with Gasteiger partial charge in [0, 0.05) is 17.7 Å². The number of hydrogen-bond acceptors (Lipinski definition) is 4. The molecule has 2 amide bonds. The lowest BCUT2D eigenvalue weighted by Crippen LogP contribution is -2.42. The Morgan fingerprint density at radius 3 is 2.16 bits per heavy atom. The molecule has 0 radical (unpaired) electrons. The summed E-state index contributed by atoms with van der Waals surface area (Å²) in [6.07, 6.45) is 2.80. The topological polar surface area (TPSA) is 92.3 Å². The summed E-state index contributed by atoms with van der Waals surface area (Å²) in [5.74, 6) is -0.664. The predicted molar refractivity (Wildman–Crippen MR) is 67.9 cm³/mol. The number of nitrogens with one attached hydrogen (secondary N) is 2. The number of carbonyl (C=O) groups excluding carboxylic acids is 2. The fourth-order valence-electron chi connectivity index (χ4n) is 1.49. The molecule has 0 bridgehead atoms. The maximum atomic E-state index is 11.7. The van der Waals surface area contributed by atoms with Crippen LogP contribution in [0.4, 0.5) is 0 Å². The van der Waals surface area contributed by atoms with Crippen LogP contribution in [0.3, 0.4) is 0 Å². The van der Waals surface area contributed by atoms with Crippen molar-refractivity contribution in [2.75, 3.05) is 6.26 Å². The van der Waals surface area contributed by atoms with Gasteiger partial charge < -0.3 is 0 Å². The minimum Gasteiger partial charge on any atom is -0.273 e. The monoisotopic (exact) mass is 282 g/mol. The summed E-state index contributed by atoms with van der Waals surface area (Å²) >= 11 is 0. The van der Waals surface area contributed by atoms with E-state index >= 15 is 0 Å². The van der Waals surface area contributed by atoms with Crippen LogP contribution in [0, 0.1) is 5.92 Å². The highest BCUT2D eigenvalue weighted by Gasteiger charge is 2.29. The molecule has 1 aliphatic rings. The van der Waals surface area contributed by atoms with E-state index in [4.69, 9.17) is 0 Å². The zero-order valence-electron chi connectivity index (χ0n) is 10.3. The molecular weight excluding hydrogens is 268 g/mol. The lowest BCUT2D eigenvalue weighted by Gasteiger charge is -2.07. The van der Waals surface area contributed by atoms with Crippen LogP contribution in [0.2, 0.25) is 0 Å². The lowest BCUT2D eigenvalue weighted by atomic mass is 10.2. The zero-order chi connectivity index (χ0) is 14.0. The Morgan fingerprint density at radius 2 is 1.68 bits per heavy atom. The Bertz CT molecular complexity index is 603. The Morgan fingerprint density at radius 1 is 1.11 bits per heavy atom. The van der Waals surface area contributed by atoms with E-state index in [2.05, 4.69) is 10.9 Å². The molecule has 2 rings (SSSR count). The third kappa shape index (κ3) is 3.54. The number of amides is 2. The van der Waals surface area contributed by atoms with E-state index in [1.54, 1.807) is 0 Å². The largest absolute Gasteiger partial charge is 0.273 e. The first-order valence-electron chi connectivity index (χ1n) is 5.78. The van der Waals surface area contributed by atoms with Crippen molar-refractivity contribution < 1.29 is 18.0 Å². The van der Waals surface area contributed by atoms with Gasteiger partial charge in [0.2, 0.25) is 5.91 Å². The summed E-state index contributed by atoms with van der Waals surface area (Å²) in [6.45, 7) is 0. The predicted octanol–water partition coefficient (Wildman–Crippen LogP) is 0.261. The Kier molecular flexibility index (Phi) is 3.57. The fraction of sp³-hybridized carbons (Fsp3) is 0.333. The smallest absolute Gasteiger partial charge is 0.269 e. The highest BCUT2D eigenvalue weighted by Crippen LogP contribution is 2.28. The third-order valence-electron chi connectivity index (χ3n) is 2.79. The van der Waals surface area contributed by atoms with Gasteiger partial charge >= 0.3 is 0 Å². The maximum absolute atomic E-state index is 11.7. The summed E-state index contributed by atoms with van der Waals surface area (Å²) in [7, 11) is -3.28. The van der Waals surface area contributed by atoms with Gasteiger partial charge in [0.15, 0.2) is 9.84 Å². The van der Waals surface area contributed by atoms with Gasteiger partial charge in [-0.05, 0) is 37.1 Å². The average Bonchev–Trinajstić information content (AvgIpc) is 3.19. The van der Waals surface area contributed by atoms with Gasteiger partial charge in [0.25, 0.3) is 5.91 Å². The first kappa shape index (κ1) is 13.5. The van der Waals surface area contributed by atoms with Crippen molar-refractivity contribution in [3.05, 3.63) is 29.8 Å². The molecule has 1 aliphatic carbocycles. The minimum atomic E-state index is -3.28. The molecule has 2 N–H and O–H groups in total. The number of hydrazine groups is 1. The van der Waals surface area contributed by atoms with Gasteiger partial charge in [-0.3, -0.25) is 20.4 Å². The second kappa shape index (κ2) is 5.00. The number of sulfone groups is 1. The SMILES string of the molecule is CS(=O)(=O)c1ccc(C(=O)NNC(=O)C2CC2)cc1. The van der Waals surface area contributed by atoms with E-state index in [1.807, 2.05) is 0 Å². The quantitative estimate of drug-likeness (QED) is 0.778. The van der Waals surface area contributed by atoms with Crippen LogP contribution >= 0.6 is 0 Å². The molecule has 0 aliphatic heterocycles. The molecule has 1 saturated carbocycles. The van der Waals surface area contributed by atoms with Crippen molar-refractivity contribution in [2.45, 2.75) is 17.7 Å². The Labute approximate surface area is 111 Å². The molecule has 0 atom stereocenters. The second-order valence-corrected chi connectivity index (χ2v) is 6.53. The second-order valence-electron chi connectivity index (χ2n) is 4.51. The average molecular weight is 282 g/mol. The molecule has 1 fully saturated rings. The van der Waals surface area contributed by atoms with E-state index in [-0.39, 0.29) is 22.3 Å². The first-order valence-corrected chi connectivity index (χ1v) is 7.67. The van der Waals surface area contributed by atoms with Crippen molar-refractivity contribution in [2.24, 2.45) is 5.92 Å². The molecule has 1 aromatic rings. The molecule has 7 heteroatoms. The minimum absolute atomic E-state index is 0.00732. The number of hydrogen-bond donors (Lipinski definition) is 2. The zero-order valence-corrected chi connectivity index (χ0v) is 11.2. The van der Waals surface area contributed by atoms with E-state index in [0.29, 0.717) is 0 Å². The molecule has 1 aromatic carbocycles. The van der Waals surface area contributed by atoms with Gasteiger partial charge in [-0.1, -0.05) is 0 Å². The lowest BCUT2D eigenvalue weighted by molar-refractivity contribution is -0.123. The van der Waals surface area contributed by atoms with Crippen molar-refractivity contribution in [3.8, 4) is 0 Å². The van der Waals surface area contributed by atoms with Gasteiger partial charge in [0.1, 0.15) is 0 Å². The highest BCUT2D eigenvalue weighted by atomic mass is 32.2. The van der Waals surface area contributed by atoms with Gasteiger partial charge in [-0.15, -0.1) is 0 Å². The maximum Gasteiger partial charge on any atom is 0.269 e. The van der Waals surface area contributed by atoms with E-state index < -0.39 is 15.7 Å². The van der Waals surface area contributed by atoms with Crippen molar-refractivity contribution in [1.29, 1.82) is 0 Å². The van der Waals surface area contributed by atoms with Gasteiger partial charge in [0.05, 0.1) is 4.90 Å². The summed E-state index contributed by atoms with van der Waals surface area (Å²) < 4.78 is 22.5. The van der Waals surface area contributed by atoms with Gasteiger partial charge in [-0.2, -0.15) is 0 Å². The summed E-state index contributed by atoms with van der Waals surface area (Å²) in [6, 6.07) is 5.50. The van der Waals surface area contributed by atoms with Crippen LogP contribution in [0.5, 0.6) is 0 Å². The van der Waals surface area contributed by atoms with Crippen LogP contribution < -0.4 is 10.9 Å². The standard InChI is InChI=1S/C12H14N2O4S/c1-19(17,18)10-6-4-9(5-7-10)12(16)14-13-11(15)8-2-3-8/h4-8H,2-3H2,1H3,(H,13,15)(H,14,16). The first-order chi connectivity index (χ1) is 8.88. The fourth-order valence-corrected chi connectivity index (χ4v) is 2.12. The van der Waals surface area contributed by atoms with E-state index in [9.17, 15) is 18.0 Å². The number of benzene rings is 1. The number of carbonyl (C=O) groups is 2. The van der Waals surface area contributed by atoms with Gasteiger partial charge in [-0.25, -0.2) is 8.42 Å². The number of rotatable bonds is 3. The molecule has 6 nitrogen and oxygen atoms in total. The molecular formula is C12H14N2O4S. The normalized spacial score (nSPS) is 14.8. The van der Waals surface area contributed by atoms with E-state index in [0.717, 1.165) is 19.1 Å². The molecule has 102 valence electrons. The third-order valence-corrected chi connectivity index (χ3v) is 3.92. The van der Waals surface area contributed by atoms with Crippen LogP contribution in [0.25, 0.3) is 0 Å². The van der Waals surface area contributed by atoms with Crippen LogP contribution in [0.15, 0.2) is 29.2 Å². The Balaban J connectivity index is 1.97. The molecule has 0 heterocycles. The molecule has 0 saturated heterocycles. The summed E-state index contributed by atoms with van der Waals surface area (Å²) in [5.41, 5.74) is 4.90. The molecule has 0 unspecified atom stereocenters. The van der Waals surface area contributed by atoms with Crippen molar-refractivity contribution in [1.82, 2.24) is 10.9 Å². The molecule has 0 spiro atoms. The van der Waals surface area contributed by atoms with Crippen LogP contribution in [0.1, 0.15) is 23.2 Å². The van der Waals surface area contributed by atoms with Crippen LogP contribution in [-0.2, 0) is 14.6 Å². The van der Waals surface area contributed by atoms with Crippen molar-refractivity contribution in [3.63, 3.8) is 0 Å². The van der Waals surface area contributed by atoms with E-state index in [1.165, 1.54) is 24.3 Å². The molecule has 19 heavy (non-hydrogen) atoms. The van der Waals surface area contributed by atoms with Crippen LogP contribution in [-0.4, -0.2) is 26.5 Å². The summed E-state index contributed by atoms with van der Waals surface area (Å²) in [5, 5.41) is 0. The molecule has 0 aromatic heterocycles.